The van der Waals surface area contributed by atoms with Gasteiger partial charge in [-0.15, -0.1) is 0 Å². The number of hydrogen-bond acceptors (Lipinski definition) is 5. The zero-order valence-electron chi connectivity index (χ0n) is 14.8. The molecule has 0 saturated carbocycles. The van der Waals surface area contributed by atoms with Crippen LogP contribution in [0.3, 0.4) is 0 Å². The van der Waals surface area contributed by atoms with E-state index in [4.69, 9.17) is 0 Å². The van der Waals surface area contributed by atoms with Crippen molar-refractivity contribution >= 4 is 23.3 Å². The van der Waals surface area contributed by atoms with Gasteiger partial charge in [0.1, 0.15) is 0 Å². The van der Waals surface area contributed by atoms with Crippen LogP contribution < -0.4 is 10.6 Å². The van der Waals surface area contributed by atoms with Gasteiger partial charge >= 0.3 is 5.97 Å². The van der Waals surface area contributed by atoms with Crippen molar-refractivity contribution in [1.82, 2.24) is 10.3 Å². The van der Waals surface area contributed by atoms with E-state index in [-0.39, 0.29) is 11.9 Å². The Morgan fingerprint density at radius 1 is 0.926 bits per heavy atom. The first-order valence-corrected chi connectivity index (χ1v) is 8.38. The van der Waals surface area contributed by atoms with Crippen molar-refractivity contribution in [3.05, 3.63) is 89.7 Å². The van der Waals surface area contributed by atoms with Crippen LogP contribution in [0.4, 0.5) is 11.4 Å². The van der Waals surface area contributed by atoms with Crippen molar-refractivity contribution in [3.63, 3.8) is 0 Å². The maximum absolute atomic E-state index is 12.3. The summed E-state index contributed by atoms with van der Waals surface area (Å²) in [5.41, 5.74) is 3.40. The molecule has 0 aliphatic carbocycles. The zero-order valence-corrected chi connectivity index (χ0v) is 14.8. The van der Waals surface area contributed by atoms with Crippen LogP contribution in [-0.4, -0.2) is 24.0 Å². The molecule has 6 nitrogen and oxygen atoms in total. The first-order valence-electron chi connectivity index (χ1n) is 8.38. The number of methoxy groups -OCH3 is 1. The Bertz CT molecular complexity index is 925. The average Bonchev–Trinajstić information content (AvgIpc) is 2.73. The molecule has 3 rings (SSSR count). The van der Waals surface area contributed by atoms with Crippen LogP contribution in [0, 0.1) is 0 Å². The predicted molar refractivity (Wildman–Crippen MR) is 103 cm³/mol. The summed E-state index contributed by atoms with van der Waals surface area (Å²) in [5.74, 6) is -0.587. The molecule has 0 radical (unpaired) electrons. The highest BCUT2D eigenvalue weighted by Gasteiger charge is 2.08. The lowest BCUT2D eigenvalue weighted by molar-refractivity contribution is 0.0600. The number of nitrogens with zero attached hydrogens (tertiary/aromatic N) is 1. The predicted octanol–water partition coefficient (Wildman–Crippen LogP) is 3.54. The number of nitrogens with one attached hydrogen (secondary N) is 2. The SMILES string of the molecule is COC(=O)c1ccc(Nc2cncc(C(=O)NCc3ccccc3)c2)cc1. The number of pyridine rings is 1. The van der Waals surface area contributed by atoms with Crippen LogP contribution in [0.5, 0.6) is 0 Å². The third-order valence-corrected chi connectivity index (χ3v) is 3.89. The fraction of sp³-hybridized carbons (Fsp3) is 0.0952. The number of rotatable bonds is 6. The number of amides is 1. The molecule has 0 bridgehead atoms. The molecule has 27 heavy (non-hydrogen) atoms. The highest BCUT2D eigenvalue weighted by molar-refractivity contribution is 5.95. The second-order valence-electron chi connectivity index (χ2n) is 5.82. The van der Waals surface area contributed by atoms with Crippen molar-refractivity contribution in [1.29, 1.82) is 0 Å². The lowest BCUT2D eigenvalue weighted by Crippen LogP contribution is -2.22. The van der Waals surface area contributed by atoms with E-state index in [9.17, 15) is 9.59 Å². The van der Waals surface area contributed by atoms with Gasteiger partial charge in [0.15, 0.2) is 0 Å². The van der Waals surface area contributed by atoms with Gasteiger partial charge in [0.25, 0.3) is 5.91 Å². The average molecular weight is 361 g/mol. The van der Waals surface area contributed by atoms with Gasteiger partial charge in [-0.3, -0.25) is 9.78 Å². The fourth-order valence-corrected chi connectivity index (χ4v) is 2.49. The highest BCUT2D eigenvalue weighted by Crippen LogP contribution is 2.18. The summed E-state index contributed by atoms with van der Waals surface area (Å²) in [6.45, 7) is 0.451. The van der Waals surface area contributed by atoms with E-state index >= 15 is 0 Å². The molecule has 0 aliphatic heterocycles. The number of carbonyl (C=O) groups excluding carboxylic acids is 2. The van der Waals surface area contributed by atoms with E-state index in [2.05, 4.69) is 20.4 Å². The zero-order chi connectivity index (χ0) is 19.1. The van der Waals surface area contributed by atoms with Crippen molar-refractivity contribution in [2.45, 2.75) is 6.54 Å². The molecule has 0 saturated heterocycles. The Kier molecular flexibility index (Phi) is 5.79. The molecular formula is C21H19N3O3. The molecule has 0 spiro atoms. The van der Waals surface area contributed by atoms with Crippen molar-refractivity contribution < 1.29 is 14.3 Å². The van der Waals surface area contributed by atoms with Crippen LogP contribution in [0.15, 0.2) is 73.1 Å². The maximum Gasteiger partial charge on any atom is 0.337 e. The summed E-state index contributed by atoms with van der Waals surface area (Å²) in [6, 6.07) is 18.3. The molecule has 0 aliphatic rings. The van der Waals surface area contributed by atoms with E-state index in [1.165, 1.54) is 13.3 Å². The van der Waals surface area contributed by atoms with Gasteiger partial charge in [0, 0.05) is 18.4 Å². The minimum Gasteiger partial charge on any atom is -0.465 e. The molecule has 1 aromatic heterocycles. The smallest absolute Gasteiger partial charge is 0.337 e. The summed E-state index contributed by atoms with van der Waals surface area (Å²) in [4.78, 5) is 27.9. The lowest BCUT2D eigenvalue weighted by atomic mass is 10.2. The quantitative estimate of drug-likeness (QED) is 0.657. The van der Waals surface area contributed by atoms with Gasteiger partial charge in [-0.25, -0.2) is 4.79 Å². The van der Waals surface area contributed by atoms with Crippen LogP contribution in [0.2, 0.25) is 0 Å². The Labute approximate surface area is 157 Å². The molecule has 2 aromatic carbocycles. The molecule has 1 amide bonds. The van der Waals surface area contributed by atoms with Crippen molar-refractivity contribution in [2.75, 3.05) is 12.4 Å². The van der Waals surface area contributed by atoms with E-state index in [1.807, 2.05) is 30.3 Å². The van der Waals surface area contributed by atoms with Gasteiger partial charge in [0.05, 0.1) is 30.1 Å². The van der Waals surface area contributed by atoms with Gasteiger partial charge in [-0.2, -0.15) is 0 Å². The van der Waals surface area contributed by atoms with Crippen LogP contribution in [0.25, 0.3) is 0 Å². The largest absolute Gasteiger partial charge is 0.465 e. The Morgan fingerprint density at radius 2 is 1.67 bits per heavy atom. The van der Waals surface area contributed by atoms with Crippen LogP contribution in [0.1, 0.15) is 26.3 Å². The minimum atomic E-state index is -0.389. The summed E-state index contributed by atoms with van der Waals surface area (Å²) in [5, 5.41) is 6.04. The Morgan fingerprint density at radius 3 is 2.37 bits per heavy atom. The van der Waals surface area contributed by atoms with Crippen LogP contribution >= 0.6 is 0 Å². The first-order chi connectivity index (χ1) is 13.2. The molecule has 3 aromatic rings. The third kappa shape index (κ3) is 4.92. The number of aromatic nitrogens is 1. The highest BCUT2D eigenvalue weighted by atomic mass is 16.5. The molecule has 1 heterocycles. The van der Waals surface area contributed by atoms with Gasteiger partial charge < -0.3 is 15.4 Å². The molecular weight excluding hydrogens is 342 g/mol. The number of anilines is 2. The molecule has 6 heteroatoms. The summed E-state index contributed by atoms with van der Waals surface area (Å²) in [6.07, 6.45) is 3.15. The first kappa shape index (κ1) is 18.1. The maximum atomic E-state index is 12.3. The molecule has 2 N–H and O–H groups in total. The standard InChI is InChI=1S/C21H19N3O3/c1-27-21(26)16-7-9-18(10-8-16)24-19-11-17(13-22-14-19)20(25)23-12-15-5-3-2-4-6-15/h2-11,13-14,24H,12H2,1H3,(H,23,25). The van der Waals surface area contributed by atoms with E-state index in [0.717, 1.165) is 11.3 Å². The topological polar surface area (TPSA) is 80.3 Å². The Balaban J connectivity index is 1.64. The second-order valence-corrected chi connectivity index (χ2v) is 5.82. The van der Waals surface area contributed by atoms with Crippen molar-refractivity contribution in [2.24, 2.45) is 0 Å². The van der Waals surface area contributed by atoms with E-state index in [0.29, 0.717) is 23.4 Å². The van der Waals surface area contributed by atoms with Gasteiger partial charge in [-0.1, -0.05) is 30.3 Å². The minimum absolute atomic E-state index is 0.198. The summed E-state index contributed by atoms with van der Waals surface area (Å²) < 4.78 is 4.68. The van der Waals surface area contributed by atoms with E-state index < -0.39 is 0 Å². The number of hydrogen-bond donors (Lipinski definition) is 2. The summed E-state index contributed by atoms with van der Waals surface area (Å²) in [7, 11) is 1.34. The number of benzene rings is 2. The number of esters is 1. The van der Waals surface area contributed by atoms with Crippen LogP contribution in [-0.2, 0) is 11.3 Å². The molecule has 0 fully saturated rings. The molecule has 0 unspecified atom stereocenters. The number of carbonyl (C=O) groups is 2. The van der Waals surface area contributed by atoms with Gasteiger partial charge in [-0.05, 0) is 35.9 Å². The lowest BCUT2D eigenvalue weighted by Gasteiger charge is -2.09. The van der Waals surface area contributed by atoms with E-state index in [1.54, 1.807) is 36.5 Å². The molecule has 136 valence electrons. The third-order valence-electron chi connectivity index (χ3n) is 3.89. The monoisotopic (exact) mass is 361 g/mol. The fourth-order valence-electron chi connectivity index (χ4n) is 2.49. The van der Waals surface area contributed by atoms with Crippen molar-refractivity contribution in [3.8, 4) is 0 Å². The summed E-state index contributed by atoms with van der Waals surface area (Å²) >= 11 is 0. The molecule has 0 atom stereocenters. The normalized spacial score (nSPS) is 10.1. The second kappa shape index (κ2) is 8.62. The van der Waals surface area contributed by atoms with Gasteiger partial charge in [0.2, 0.25) is 0 Å². The Hall–Kier alpha value is -3.67. The number of ether oxygens (including phenoxy) is 1.